The number of aromatic nitrogens is 3. The Bertz CT molecular complexity index is 513. The zero-order valence-corrected chi connectivity index (χ0v) is 12.6. The summed E-state index contributed by atoms with van der Waals surface area (Å²) in [6.45, 7) is 8.01. The second-order valence-corrected chi connectivity index (χ2v) is 6.05. The van der Waals surface area contributed by atoms with Gasteiger partial charge in [-0.3, -0.25) is 9.89 Å². The number of hydrogen-bond donors (Lipinski definition) is 1. The Labute approximate surface area is 119 Å². The first-order valence-electron chi connectivity index (χ1n) is 6.81. The van der Waals surface area contributed by atoms with Gasteiger partial charge in [0.15, 0.2) is 0 Å². The molecule has 1 aliphatic rings. The Hall–Kier alpha value is -1.69. The Balaban J connectivity index is 2.04. The van der Waals surface area contributed by atoms with E-state index in [0.717, 1.165) is 12.2 Å². The van der Waals surface area contributed by atoms with Crippen molar-refractivity contribution in [3.05, 3.63) is 23.3 Å². The maximum absolute atomic E-state index is 12.3. The van der Waals surface area contributed by atoms with E-state index >= 15 is 0 Å². The molecule has 0 spiro atoms. The van der Waals surface area contributed by atoms with E-state index in [-0.39, 0.29) is 17.1 Å². The van der Waals surface area contributed by atoms with Gasteiger partial charge in [-0.25, -0.2) is 4.98 Å². The highest BCUT2D eigenvalue weighted by Crippen LogP contribution is 2.18. The van der Waals surface area contributed by atoms with Gasteiger partial charge < -0.3 is 9.64 Å². The average molecular weight is 278 g/mol. The molecule has 6 heteroatoms. The number of aromatic amines is 1. The number of amides is 1. The van der Waals surface area contributed by atoms with Crippen LogP contribution in [0.15, 0.2) is 11.6 Å². The number of methoxy groups -OCH3 is 1. The summed E-state index contributed by atoms with van der Waals surface area (Å²) >= 11 is 0. The lowest BCUT2D eigenvalue weighted by atomic mass is 9.96. The van der Waals surface area contributed by atoms with Crippen molar-refractivity contribution < 1.29 is 9.53 Å². The fourth-order valence-corrected chi connectivity index (χ4v) is 2.05. The van der Waals surface area contributed by atoms with Gasteiger partial charge in [-0.05, 0) is 12.0 Å². The summed E-state index contributed by atoms with van der Waals surface area (Å²) in [7, 11) is 1.68. The number of nitrogens with one attached hydrogen (secondary N) is 1. The highest BCUT2D eigenvalue weighted by molar-refractivity contribution is 5.90. The summed E-state index contributed by atoms with van der Waals surface area (Å²) in [5.41, 5.74) is 1.10. The van der Waals surface area contributed by atoms with E-state index in [1.165, 1.54) is 5.57 Å². The van der Waals surface area contributed by atoms with Crippen molar-refractivity contribution >= 4 is 5.91 Å². The molecule has 0 bridgehead atoms. The number of H-pyrrole nitrogens is 1. The van der Waals surface area contributed by atoms with Crippen LogP contribution in [0.4, 0.5) is 0 Å². The molecular formula is C14H22N4O2. The van der Waals surface area contributed by atoms with E-state index in [1.54, 1.807) is 12.0 Å². The van der Waals surface area contributed by atoms with Crippen molar-refractivity contribution in [2.45, 2.75) is 32.6 Å². The molecule has 0 aromatic carbocycles. The lowest BCUT2D eigenvalue weighted by Crippen LogP contribution is -2.36. The first-order chi connectivity index (χ1) is 9.41. The molecule has 1 N–H and O–H groups in total. The molecule has 6 nitrogen and oxygen atoms in total. The number of carbonyl (C=O) groups excluding carboxylic acids is 1. The van der Waals surface area contributed by atoms with Gasteiger partial charge in [0.2, 0.25) is 5.82 Å². The Morgan fingerprint density at radius 3 is 2.75 bits per heavy atom. The maximum atomic E-state index is 12.3. The number of ether oxygens (including phenoxy) is 1. The van der Waals surface area contributed by atoms with E-state index in [1.807, 2.05) is 26.8 Å². The van der Waals surface area contributed by atoms with Gasteiger partial charge in [0, 0.05) is 25.6 Å². The monoisotopic (exact) mass is 278 g/mol. The van der Waals surface area contributed by atoms with Gasteiger partial charge in [-0.15, -0.1) is 5.10 Å². The predicted octanol–water partition coefficient (Wildman–Crippen LogP) is 1.52. The molecule has 0 saturated carbocycles. The number of carbonyl (C=O) groups is 1. The van der Waals surface area contributed by atoms with Crippen LogP contribution in [0.3, 0.4) is 0 Å². The van der Waals surface area contributed by atoms with Crippen LogP contribution in [0.5, 0.6) is 0 Å². The molecule has 0 radical (unpaired) electrons. The molecular weight excluding hydrogens is 256 g/mol. The molecule has 20 heavy (non-hydrogen) atoms. The van der Waals surface area contributed by atoms with E-state index in [2.05, 4.69) is 15.2 Å². The highest BCUT2D eigenvalue weighted by Gasteiger charge is 2.25. The minimum Gasteiger partial charge on any atom is -0.380 e. The highest BCUT2D eigenvalue weighted by atomic mass is 16.5. The molecule has 0 fully saturated rings. The van der Waals surface area contributed by atoms with Crippen molar-refractivity contribution in [2.24, 2.45) is 0 Å². The second-order valence-electron chi connectivity index (χ2n) is 6.05. The number of hydrogen-bond acceptors (Lipinski definition) is 4. The maximum Gasteiger partial charge on any atom is 0.293 e. The lowest BCUT2D eigenvalue weighted by Gasteiger charge is -2.25. The van der Waals surface area contributed by atoms with Crippen LogP contribution in [0.25, 0.3) is 0 Å². The van der Waals surface area contributed by atoms with Gasteiger partial charge in [0.25, 0.3) is 5.91 Å². The van der Waals surface area contributed by atoms with Gasteiger partial charge >= 0.3 is 0 Å². The van der Waals surface area contributed by atoms with E-state index < -0.39 is 0 Å². The van der Waals surface area contributed by atoms with Crippen LogP contribution in [-0.4, -0.2) is 52.8 Å². The normalized spacial score (nSPS) is 16.2. The van der Waals surface area contributed by atoms with Crippen LogP contribution in [0.2, 0.25) is 0 Å². The molecule has 0 unspecified atom stereocenters. The quantitative estimate of drug-likeness (QED) is 0.851. The Morgan fingerprint density at radius 2 is 2.25 bits per heavy atom. The van der Waals surface area contributed by atoms with E-state index in [9.17, 15) is 4.79 Å². The van der Waals surface area contributed by atoms with Crippen molar-refractivity contribution in [3.63, 3.8) is 0 Å². The standard InChI is InChI=1S/C14H22N4O2/c1-14(2,3)13-15-11(16-17-13)12(19)18-7-5-10(6-8-18)9-20-4/h5H,6-9H2,1-4H3,(H,15,16,17). The molecule has 2 rings (SSSR count). The predicted molar refractivity (Wildman–Crippen MR) is 75.6 cm³/mol. The van der Waals surface area contributed by atoms with Crippen LogP contribution >= 0.6 is 0 Å². The fourth-order valence-electron chi connectivity index (χ4n) is 2.05. The summed E-state index contributed by atoms with van der Waals surface area (Å²) in [5, 5.41) is 6.89. The topological polar surface area (TPSA) is 71.1 Å². The third-order valence-corrected chi connectivity index (χ3v) is 3.31. The SMILES string of the molecule is COCC1=CCN(C(=O)c2n[nH]c(C(C)(C)C)n2)CC1. The van der Waals surface area contributed by atoms with Crippen molar-refractivity contribution in [1.29, 1.82) is 0 Å². The summed E-state index contributed by atoms with van der Waals surface area (Å²) in [4.78, 5) is 18.4. The molecule has 2 heterocycles. The lowest BCUT2D eigenvalue weighted by molar-refractivity contribution is 0.0753. The van der Waals surface area contributed by atoms with Crippen molar-refractivity contribution in [2.75, 3.05) is 26.8 Å². The molecule has 0 saturated heterocycles. The minimum absolute atomic E-state index is 0.121. The summed E-state index contributed by atoms with van der Waals surface area (Å²) in [6.07, 6.45) is 2.89. The summed E-state index contributed by atoms with van der Waals surface area (Å²) in [5.74, 6) is 0.858. The molecule has 110 valence electrons. The van der Waals surface area contributed by atoms with Gasteiger partial charge in [-0.1, -0.05) is 26.8 Å². The third-order valence-electron chi connectivity index (χ3n) is 3.31. The van der Waals surface area contributed by atoms with Gasteiger partial charge in [-0.2, -0.15) is 0 Å². The average Bonchev–Trinajstić information content (AvgIpc) is 2.89. The molecule has 1 aromatic heterocycles. The zero-order valence-electron chi connectivity index (χ0n) is 12.6. The first kappa shape index (κ1) is 14.7. The van der Waals surface area contributed by atoms with Gasteiger partial charge in [0.1, 0.15) is 5.82 Å². The summed E-state index contributed by atoms with van der Waals surface area (Å²) in [6, 6.07) is 0. The first-order valence-corrected chi connectivity index (χ1v) is 6.81. The van der Waals surface area contributed by atoms with Crippen LogP contribution in [-0.2, 0) is 10.2 Å². The van der Waals surface area contributed by atoms with Crippen molar-refractivity contribution in [3.8, 4) is 0 Å². The fraction of sp³-hybridized carbons (Fsp3) is 0.643. The minimum atomic E-state index is -0.140. The van der Waals surface area contributed by atoms with E-state index in [4.69, 9.17) is 4.74 Å². The molecule has 1 amide bonds. The third kappa shape index (κ3) is 3.25. The molecule has 0 aliphatic carbocycles. The van der Waals surface area contributed by atoms with Crippen molar-refractivity contribution in [1.82, 2.24) is 20.1 Å². The molecule has 1 aromatic rings. The van der Waals surface area contributed by atoms with Crippen LogP contribution in [0, 0.1) is 0 Å². The number of rotatable bonds is 3. The number of nitrogens with zero attached hydrogens (tertiary/aromatic N) is 3. The van der Waals surface area contributed by atoms with E-state index in [0.29, 0.717) is 19.7 Å². The van der Waals surface area contributed by atoms with Gasteiger partial charge in [0.05, 0.1) is 6.61 Å². The molecule has 1 aliphatic heterocycles. The smallest absolute Gasteiger partial charge is 0.293 e. The Morgan fingerprint density at radius 1 is 1.50 bits per heavy atom. The molecule has 0 atom stereocenters. The van der Waals surface area contributed by atoms with Crippen LogP contribution < -0.4 is 0 Å². The zero-order chi connectivity index (χ0) is 14.8. The Kier molecular flexibility index (Phi) is 4.23. The van der Waals surface area contributed by atoms with Crippen LogP contribution in [0.1, 0.15) is 43.6 Å². The largest absolute Gasteiger partial charge is 0.380 e. The second kappa shape index (κ2) is 5.75. The summed E-state index contributed by atoms with van der Waals surface area (Å²) < 4.78 is 5.10.